The van der Waals surface area contributed by atoms with Gasteiger partial charge in [0.05, 0.1) is 0 Å². The Bertz CT molecular complexity index is 436. The SMILES string of the molecule is [CH2]C(Cc1cccnc1)c1ccc(F)cc1. The summed E-state index contributed by atoms with van der Waals surface area (Å²) >= 11 is 0. The monoisotopic (exact) mass is 214 g/mol. The largest absolute Gasteiger partial charge is 0.264 e. The zero-order valence-corrected chi connectivity index (χ0v) is 8.94. The quantitative estimate of drug-likeness (QED) is 0.763. The highest BCUT2D eigenvalue weighted by Gasteiger charge is 2.06. The zero-order valence-electron chi connectivity index (χ0n) is 8.94. The predicted octanol–water partition coefficient (Wildman–Crippen LogP) is 3.38. The number of nitrogens with zero attached hydrogens (tertiary/aromatic N) is 1. The average Bonchev–Trinajstić information content (AvgIpc) is 2.31. The van der Waals surface area contributed by atoms with Gasteiger partial charge >= 0.3 is 0 Å². The number of benzene rings is 1. The van der Waals surface area contributed by atoms with Crippen LogP contribution in [0, 0.1) is 12.7 Å². The Balaban J connectivity index is 2.09. The normalized spacial score (nSPS) is 12.4. The van der Waals surface area contributed by atoms with Gasteiger partial charge in [-0.1, -0.05) is 18.2 Å². The summed E-state index contributed by atoms with van der Waals surface area (Å²) < 4.78 is 12.7. The first-order valence-corrected chi connectivity index (χ1v) is 5.23. The molecule has 16 heavy (non-hydrogen) atoms. The van der Waals surface area contributed by atoms with Crippen LogP contribution in [0.4, 0.5) is 4.39 Å². The summed E-state index contributed by atoms with van der Waals surface area (Å²) in [4.78, 5) is 4.06. The maximum absolute atomic E-state index is 12.7. The second-order valence-corrected chi connectivity index (χ2v) is 3.81. The lowest BCUT2D eigenvalue weighted by Crippen LogP contribution is -1.99. The van der Waals surface area contributed by atoms with E-state index in [1.165, 1.54) is 12.1 Å². The van der Waals surface area contributed by atoms with E-state index < -0.39 is 0 Å². The van der Waals surface area contributed by atoms with Crippen molar-refractivity contribution < 1.29 is 4.39 Å². The number of halogens is 1. The Morgan fingerprint density at radius 3 is 2.56 bits per heavy atom. The number of pyridine rings is 1. The van der Waals surface area contributed by atoms with Crippen LogP contribution in [0.25, 0.3) is 0 Å². The third-order valence-corrected chi connectivity index (χ3v) is 2.55. The molecule has 0 spiro atoms. The fourth-order valence-electron chi connectivity index (χ4n) is 1.66. The summed E-state index contributed by atoms with van der Waals surface area (Å²) in [6.07, 6.45) is 4.40. The molecule has 2 rings (SSSR count). The molecule has 2 aromatic rings. The Hall–Kier alpha value is -1.70. The summed E-state index contributed by atoms with van der Waals surface area (Å²) in [5.41, 5.74) is 2.19. The predicted molar refractivity (Wildman–Crippen MR) is 62.4 cm³/mol. The second kappa shape index (κ2) is 4.88. The lowest BCUT2D eigenvalue weighted by atomic mass is 9.94. The van der Waals surface area contributed by atoms with E-state index in [-0.39, 0.29) is 11.7 Å². The molecule has 0 fully saturated rings. The van der Waals surface area contributed by atoms with Crippen LogP contribution in [-0.4, -0.2) is 4.98 Å². The van der Waals surface area contributed by atoms with E-state index in [0.717, 1.165) is 17.5 Å². The summed E-state index contributed by atoms with van der Waals surface area (Å²) in [6, 6.07) is 10.4. The molecule has 1 atom stereocenters. The Labute approximate surface area is 95.0 Å². The summed E-state index contributed by atoms with van der Waals surface area (Å²) in [5.74, 6) is -0.0814. The third-order valence-electron chi connectivity index (χ3n) is 2.55. The van der Waals surface area contributed by atoms with Crippen molar-refractivity contribution in [3.63, 3.8) is 0 Å². The lowest BCUT2D eigenvalue weighted by Gasteiger charge is -2.11. The van der Waals surface area contributed by atoms with Crippen LogP contribution in [0.5, 0.6) is 0 Å². The van der Waals surface area contributed by atoms with Crippen LogP contribution < -0.4 is 0 Å². The molecule has 2 heteroatoms. The molecule has 0 aliphatic heterocycles. The van der Waals surface area contributed by atoms with E-state index in [9.17, 15) is 4.39 Å². The lowest BCUT2D eigenvalue weighted by molar-refractivity contribution is 0.626. The van der Waals surface area contributed by atoms with Crippen molar-refractivity contribution in [1.29, 1.82) is 0 Å². The van der Waals surface area contributed by atoms with Gasteiger partial charge in [-0.05, 0) is 48.6 Å². The molecule has 0 N–H and O–H groups in total. The van der Waals surface area contributed by atoms with E-state index in [1.54, 1.807) is 18.3 Å². The van der Waals surface area contributed by atoms with Crippen molar-refractivity contribution >= 4 is 0 Å². The first kappa shape index (κ1) is 10.8. The fourth-order valence-corrected chi connectivity index (χ4v) is 1.66. The van der Waals surface area contributed by atoms with Gasteiger partial charge in [-0.25, -0.2) is 4.39 Å². The maximum Gasteiger partial charge on any atom is 0.123 e. The molecule has 1 heterocycles. The second-order valence-electron chi connectivity index (χ2n) is 3.81. The molecule has 81 valence electrons. The molecule has 0 aliphatic rings. The van der Waals surface area contributed by atoms with E-state index in [0.29, 0.717) is 0 Å². The van der Waals surface area contributed by atoms with E-state index in [2.05, 4.69) is 11.9 Å². The van der Waals surface area contributed by atoms with Crippen LogP contribution in [0.1, 0.15) is 17.0 Å². The van der Waals surface area contributed by atoms with Crippen molar-refractivity contribution in [3.8, 4) is 0 Å². The van der Waals surface area contributed by atoms with Gasteiger partial charge in [-0.2, -0.15) is 0 Å². The highest BCUT2D eigenvalue weighted by Crippen LogP contribution is 2.19. The first-order valence-electron chi connectivity index (χ1n) is 5.23. The van der Waals surface area contributed by atoms with Gasteiger partial charge in [0.25, 0.3) is 0 Å². The molecular weight excluding hydrogens is 201 g/mol. The van der Waals surface area contributed by atoms with Gasteiger partial charge in [0, 0.05) is 12.4 Å². The van der Waals surface area contributed by atoms with Gasteiger partial charge < -0.3 is 0 Å². The van der Waals surface area contributed by atoms with E-state index >= 15 is 0 Å². The molecule has 1 unspecified atom stereocenters. The molecule has 1 aromatic heterocycles. The standard InChI is InChI=1S/C14H13FN/c1-11(9-12-3-2-8-16-10-12)13-4-6-14(15)7-5-13/h2-8,10-11H,1,9H2. The van der Waals surface area contributed by atoms with Gasteiger partial charge in [0.15, 0.2) is 0 Å². The zero-order chi connectivity index (χ0) is 11.4. The van der Waals surface area contributed by atoms with Crippen LogP contribution in [0.3, 0.4) is 0 Å². The molecule has 0 bridgehead atoms. The minimum Gasteiger partial charge on any atom is -0.264 e. The van der Waals surface area contributed by atoms with Crippen LogP contribution in [-0.2, 0) is 6.42 Å². The molecule has 1 nitrogen and oxygen atoms in total. The van der Waals surface area contributed by atoms with Gasteiger partial charge in [-0.3, -0.25) is 4.98 Å². The molecule has 0 amide bonds. The smallest absolute Gasteiger partial charge is 0.123 e. The summed E-state index contributed by atoms with van der Waals surface area (Å²) in [6.45, 7) is 4.08. The highest BCUT2D eigenvalue weighted by molar-refractivity contribution is 5.24. The molecule has 0 aliphatic carbocycles. The molecule has 1 aromatic carbocycles. The maximum atomic E-state index is 12.7. The van der Waals surface area contributed by atoms with Crippen LogP contribution in [0.2, 0.25) is 0 Å². The summed E-state index contributed by atoms with van der Waals surface area (Å²) in [7, 11) is 0. The highest BCUT2D eigenvalue weighted by atomic mass is 19.1. The molecule has 1 radical (unpaired) electrons. The Morgan fingerprint density at radius 1 is 1.19 bits per heavy atom. The van der Waals surface area contributed by atoms with Crippen molar-refractivity contribution in [3.05, 3.63) is 72.7 Å². The Morgan fingerprint density at radius 2 is 1.94 bits per heavy atom. The number of aromatic nitrogens is 1. The van der Waals surface area contributed by atoms with Crippen LogP contribution >= 0.6 is 0 Å². The minimum atomic E-state index is -0.211. The molecule has 0 saturated carbocycles. The van der Waals surface area contributed by atoms with Crippen molar-refractivity contribution in [2.75, 3.05) is 0 Å². The minimum absolute atomic E-state index is 0.129. The number of hydrogen-bond donors (Lipinski definition) is 0. The van der Waals surface area contributed by atoms with Crippen molar-refractivity contribution in [2.24, 2.45) is 0 Å². The molecule has 0 saturated heterocycles. The van der Waals surface area contributed by atoms with Crippen molar-refractivity contribution in [2.45, 2.75) is 12.3 Å². The van der Waals surface area contributed by atoms with E-state index in [1.807, 2.05) is 18.3 Å². The van der Waals surface area contributed by atoms with Gasteiger partial charge in [0.2, 0.25) is 0 Å². The Kier molecular flexibility index (Phi) is 3.30. The topological polar surface area (TPSA) is 12.9 Å². The van der Waals surface area contributed by atoms with Gasteiger partial charge in [0.1, 0.15) is 5.82 Å². The molecular formula is C14H13FN. The van der Waals surface area contributed by atoms with Crippen molar-refractivity contribution in [1.82, 2.24) is 4.98 Å². The number of hydrogen-bond acceptors (Lipinski definition) is 1. The van der Waals surface area contributed by atoms with E-state index in [4.69, 9.17) is 0 Å². The van der Waals surface area contributed by atoms with Crippen LogP contribution in [0.15, 0.2) is 48.8 Å². The van der Waals surface area contributed by atoms with Gasteiger partial charge in [-0.15, -0.1) is 0 Å². The summed E-state index contributed by atoms with van der Waals surface area (Å²) in [5, 5.41) is 0. The fraction of sp³-hybridized carbons (Fsp3) is 0.143. The average molecular weight is 214 g/mol. The number of rotatable bonds is 3. The third kappa shape index (κ3) is 2.66. The first-order chi connectivity index (χ1) is 7.75.